The largest absolute Gasteiger partial charge is 0.488 e. The molecule has 234 valence electrons. The number of fused-ring (bicyclic) bond motifs is 1. The van der Waals surface area contributed by atoms with Gasteiger partial charge in [-0.1, -0.05) is 0 Å². The molecule has 1 aliphatic carbocycles. The number of carbonyl (C=O) groups is 1. The van der Waals surface area contributed by atoms with Crippen molar-refractivity contribution in [1.29, 1.82) is 0 Å². The number of rotatable bonds is 9. The molecule has 2 aliphatic rings. The van der Waals surface area contributed by atoms with Crippen molar-refractivity contribution in [2.75, 3.05) is 18.4 Å². The number of ether oxygens (including phenoxy) is 2. The van der Waals surface area contributed by atoms with Crippen LogP contribution in [0.15, 0.2) is 48.8 Å². The second-order valence-corrected chi connectivity index (χ2v) is 11.4. The average Bonchev–Trinajstić information content (AvgIpc) is 3.66. The van der Waals surface area contributed by atoms with Gasteiger partial charge in [0.05, 0.1) is 11.3 Å². The van der Waals surface area contributed by atoms with E-state index in [0.717, 1.165) is 17.8 Å². The Labute approximate surface area is 250 Å². The van der Waals surface area contributed by atoms with Gasteiger partial charge in [-0.05, 0) is 57.0 Å². The minimum Gasteiger partial charge on any atom is -0.488 e. The Bertz CT molecular complexity index is 1600. The molecule has 44 heavy (non-hydrogen) atoms. The first-order valence-corrected chi connectivity index (χ1v) is 14.3. The maximum absolute atomic E-state index is 15.2. The maximum atomic E-state index is 15.2. The number of aromatic amines is 1. The minimum absolute atomic E-state index is 0.102. The third kappa shape index (κ3) is 6.56. The fourth-order valence-electron chi connectivity index (χ4n) is 5.49. The fourth-order valence-corrected chi connectivity index (χ4v) is 5.49. The summed E-state index contributed by atoms with van der Waals surface area (Å²) in [4.78, 5) is 23.1. The third-order valence-electron chi connectivity index (χ3n) is 7.63. The smallest absolute Gasteiger partial charge is 0.416 e. The zero-order chi connectivity index (χ0) is 31.0. The van der Waals surface area contributed by atoms with Crippen molar-refractivity contribution in [3.8, 4) is 5.75 Å². The van der Waals surface area contributed by atoms with Crippen LogP contribution in [-0.2, 0) is 17.5 Å². The van der Waals surface area contributed by atoms with Gasteiger partial charge in [-0.15, -0.1) is 0 Å². The first-order chi connectivity index (χ1) is 21.0. The van der Waals surface area contributed by atoms with E-state index in [4.69, 9.17) is 9.47 Å². The van der Waals surface area contributed by atoms with E-state index in [-0.39, 0.29) is 12.1 Å². The molecular weight excluding hydrogens is 584 g/mol. The number of amides is 1. The van der Waals surface area contributed by atoms with E-state index in [1.54, 1.807) is 36.6 Å². The first kappa shape index (κ1) is 29.7. The molecule has 15 heteroatoms. The number of halogens is 4. The molecule has 1 saturated heterocycles. The van der Waals surface area contributed by atoms with Crippen molar-refractivity contribution < 1.29 is 31.8 Å². The van der Waals surface area contributed by atoms with E-state index in [1.165, 1.54) is 12.1 Å². The highest BCUT2D eigenvalue weighted by Crippen LogP contribution is 2.38. The molecule has 0 bridgehead atoms. The van der Waals surface area contributed by atoms with Crippen molar-refractivity contribution in [1.82, 2.24) is 34.8 Å². The molecule has 1 aromatic carbocycles. The number of nitrogens with one attached hydrogen (secondary N) is 3. The van der Waals surface area contributed by atoms with Crippen LogP contribution >= 0.6 is 0 Å². The number of alkyl carbamates (subject to hydrolysis) is 1. The van der Waals surface area contributed by atoms with Crippen molar-refractivity contribution in [3.05, 3.63) is 65.7 Å². The summed E-state index contributed by atoms with van der Waals surface area (Å²) in [5.41, 5.74) is 1.36. The lowest BCUT2D eigenvalue weighted by atomic mass is 10.0. The summed E-state index contributed by atoms with van der Waals surface area (Å²) < 4.78 is 66.4. The molecule has 1 saturated carbocycles. The molecule has 2 fully saturated rings. The summed E-state index contributed by atoms with van der Waals surface area (Å²) in [5, 5.41) is 13.0. The fraction of sp³-hybridized carbons (Fsp3) is 0.448. The number of nitrogens with zero attached hydrogens (tertiary/aromatic N) is 5. The van der Waals surface area contributed by atoms with Gasteiger partial charge in [0.25, 0.3) is 0 Å². The topological polar surface area (TPSA) is 122 Å². The SMILES string of the molecule is CC(C)NC(=O)O[C@H]1CC[C@@H](c2cc(Nc3nccc4nc(CN5CC(Oc6ccc(C(F)(F)F)cc6)C5)cn34)n[nH]2)[C@@H]1F. The Morgan fingerprint density at radius 1 is 1.16 bits per heavy atom. The zero-order valence-electron chi connectivity index (χ0n) is 24.0. The Morgan fingerprint density at radius 3 is 2.66 bits per heavy atom. The summed E-state index contributed by atoms with van der Waals surface area (Å²) in [6.45, 7) is 5.39. The Hall–Kier alpha value is -4.40. The average molecular weight is 617 g/mol. The molecule has 3 atom stereocenters. The van der Waals surface area contributed by atoms with Gasteiger partial charge in [0, 0.05) is 55.7 Å². The van der Waals surface area contributed by atoms with E-state index in [2.05, 4.69) is 35.7 Å². The van der Waals surface area contributed by atoms with Crippen LogP contribution in [0.2, 0.25) is 0 Å². The van der Waals surface area contributed by atoms with E-state index in [0.29, 0.717) is 61.3 Å². The zero-order valence-corrected chi connectivity index (χ0v) is 24.0. The van der Waals surface area contributed by atoms with Crippen LogP contribution in [0, 0.1) is 0 Å². The number of alkyl halides is 4. The summed E-state index contributed by atoms with van der Waals surface area (Å²) in [6, 6.07) is 8.10. The van der Waals surface area contributed by atoms with Crippen LogP contribution in [-0.4, -0.2) is 73.1 Å². The Kier molecular flexibility index (Phi) is 8.05. The lowest BCUT2D eigenvalue weighted by Crippen LogP contribution is -2.53. The molecular formula is C29H32F4N8O3. The lowest BCUT2D eigenvalue weighted by Gasteiger charge is -2.38. The number of hydrogen-bond acceptors (Lipinski definition) is 8. The third-order valence-corrected chi connectivity index (χ3v) is 7.63. The molecule has 3 N–H and O–H groups in total. The highest BCUT2D eigenvalue weighted by molar-refractivity contribution is 5.67. The van der Waals surface area contributed by atoms with Crippen molar-refractivity contribution in [2.24, 2.45) is 0 Å². The maximum Gasteiger partial charge on any atom is 0.416 e. The van der Waals surface area contributed by atoms with Crippen LogP contribution in [0.1, 0.15) is 49.6 Å². The van der Waals surface area contributed by atoms with Crippen LogP contribution in [0.3, 0.4) is 0 Å². The Balaban J connectivity index is 1.03. The van der Waals surface area contributed by atoms with Crippen LogP contribution in [0.25, 0.3) is 5.65 Å². The Morgan fingerprint density at radius 2 is 1.93 bits per heavy atom. The van der Waals surface area contributed by atoms with E-state index >= 15 is 4.39 Å². The highest BCUT2D eigenvalue weighted by atomic mass is 19.4. The van der Waals surface area contributed by atoms with Gasteiger partial charge < -0.3 is 20.1 Å². The van der Waals surface area contributed by atoms with Gasteiger partial charge in [0.1, 0.15) is 29.8 Å². The predicted octanol–water partition coefficient (Wildman–Crippen LogP) is 5.20. The van der Waals surface area contributed by atoms with Gasteiger partial charge in [0.2, 0.25) is 5.95 Å². The molecule has 6 rings (SSSR count). The number of benzene rings is 1. The van der Waals surface area contributed by atoms with Crippen molar-refractivity contribution in [2.45, 2.75) is 69.7 Å². The monoisotopic (exact) mass is 616 g/mol. The number of aromatic nitrogens is 5. The number of imidazole rings is 1. The number of anilines is 2. The van der Waals surface area contributed by atoms with Gasteiger partial charge in [-0.25, -0.2) is 19.2 Å². The van der Waals surface area contributed by atoms with Crippen LogP contribution < -0.4 is 15.4 Å². The second kappa shape index (κ2) is 11.9. The van der Waals surface area contributed by atoms with E-state index in [9.17, 15) is 18.0 Å². The summed E-state index contributed by atoms with van der Waals surface area (Å²) >= 11 is 0. The summed E-state index contributed by atoms with van der Waals surface area (Å²) in [6.07, 6.45) is -2.91. The molecule has 3 aromatic heterocycles. The van der Waals surface area contributed by atoms with Crippen LogP contribution in [0.5, 0.6) is 5.75 Å². The molecule has 11 nitrogen and oxygen atoms in total. The molecule has 1 amide bonds. The number of hydrogen-bond donors (Lipinski definition) is 3. The normalized spacial score (nSPS) is 21.0. The van der Waals surface area contributed by atoms with Crippen LogP contribution in [0.4, 0.5) is 34.1 Å². The van der Waals surface area contributed by atoms with Crippen molar-refractivity contribution >= 4 is 23.5 Å². The van der Waals surface area contributed by atoms with Gasteiger partial charge >= 0.3 is 12.3 Å². The summed E-state index contributed by atoms with van der Waals surface area (Å²) in [5.74, 6) is 0.842. The number of likely N-dealkylation sites (tertiary alicyclic amines) is 1. The number of carbonyl (C=O) groups excluding carboxylic acids is 1. The van der Waals surface area contributed by atoms with E-state index in [1.807, 2.05) is 6.20 Å². The highest BCUT2D eigenvalue weighted by Gasteiger charge is 2.41. The molecule has 0 spiro atoms. The number of H-pyrrole nitrogens is 1. The second-order valence-electron chi connectivity index (χ2n) is 11.4. The molecule has 0 radical (unpaired) electrons. The quantitative estimate of drug-likeness (QED) is 0.220. The van der Waals surface area contributed by atoms with Gasteiger partial charge in [-0.3, -0.25) is 14.4 Å². The molecule has 1 aliphatic heterocycles. The molecule has 4 aromatic rings. The molecule has 0 unspecified atom stereocenters. The lowest BCUT2D eigenvalue weighted by molar-refractivity contribution is -0.137. The molecule has 4 heterocycles. The van der Waals surface area contributed by atoms with Gasteiger partial charge in [0.15, 0.2) is 5.82 Å². The van der Waals surface area contributed by atoms with Gasteiger partial charge in [-0.2, -0.15) is 18.3 Å². The van der Waals surface area contributed by atoms with Crippen molar-refractivity contribution in [3.63, 3.8) is 0 Å². The van der Waals surface area contributed by atoms with E-state index < -0.39 is 36.0 Å². The first-order valence-electron chi connectivity index (χ1n) is 14.3. The standard InChI is InChI=1S/C29H32F4N8O3/c1-16(2)35-28(42)44-23-8-7-21(26(23)30)22-11-24(39-38-22)37-27-34-10-9-25-36-18(13-41(25)27)12-40-14-20(15-40)43-19-5-3-17(4-6-19)29(31,32)33/h3-6,9-11,13,16,20-21,23,26H,7-8,12,14-15H2,1-2H3,(H,35,42)(H2,34,37,38,39)/t21-,23-,26-/m0/s1. The predicted molar refractivity (Wildman–Crippen MR) is 151 cm³/mol. The minimum atomic E-state index is -4.38. The summed E-state index contributed by atoms with van der Waals surface area (Å²) in [7, 11) is 0.